The predicted molar refractivity (Wildman–Crippen MR) is 130 cm³/mol. The van der Waals surface area contributed by atoms with Crippen molar-refractivity contribution in [2.45, 2.75) is 91.6 Å². The minimum absolute atomic E-state index is 0.0465. The standard InChI is InChI=1S/C26H36O3.C2H6/c1-21(2)29-26(28)18-12-4-3-11-17-24-23(19-20-25(24)27)16-10-6-9-15-22-13-7-5-8-14-22;1-2/h3,5,7-8,10-11,13-14,16,21,23-24H,4,6,9,12,15,17-20H2,1-2H3;1-2H3/b11-3-,16-10+;/t23-,24+;/m0./s1. The van der Waals surface area contributed by atoms with Crippen LogP contribution in [-0.2, 0) is 20.7 Å². The summed E-state index contributed by atoms with van der Waals surface area (Å²) in [6.07, 6.45) is 16.6. The predicted octanol–water partition coefficient (Wildman–Crippen LogP) is 7.26. The Morgan fingerprint density at radius 2 is 1.77 bits per heavy atom. The van der Waals surface area contributed by atoms with E-state index in [2.05, 4.69) is 54.6 Å². The zero-order valence-corrected chi connectivity index (χ0v) is 20.0. The van der Waals surface area contributed by atoms with Gasteiger partial charge in [0.1, 0.15) is 5.78 Å². The lowest BCUT2D eigenvalue weighted by Crippen LogP contribution is -2.12. The number of benzene rings is 1. The van der Waals surface area contributed by atoms with Gasteiger partial charge in [-0.15, -0.1) is 0 Å². The normalized spacial score (nSPS) is 18.5. The highest BCUT2D eigenvalue weighted by molar-refractivity contribution is 5.83. The average molecular weight is 427 g/mol. The smallest absolute Gasteiger partial charge is 0.306 e. The molecule has 3 nitrogen and oxygen atoms in total. The Labute approximate surface area is 190 Å². The number of Topliss-reactive ketones (excluding diaryl/α,β-unsaturated/α-hetero) is 1. The fraction of sp³-hybridized carbons (Fsp3) is 0.571. The number of rotatable bonds is 12. The summed E-state index contributed by atoms with van der Waals surface area (Å²) in [4.78, 5) is 23.8. The molecule has 1 aromatic carbocycles. The quantitative estimate of drug-likeness (QED) is 0.201. The number of esters is 1. The maximum atomic E-state index is 12.2. The number of carbonyl (C=O) groups excluding carboxylic acids is 2. The van der Waals surface area contributed by atoms with Gasteiger partial charge in [0.15, 0.2) is 0 Å². The van der Waals surface area contributed by atoms with Crippen molar-refractivity contribution in [2.75, 3.05) is 0 Å². The van der Waals surface area contributed by atoms with E-state index in [0.717, 1.165) is 44.9 Å². The van der Waals surface area contributed by atoms with Crippen LogP contribution in [0.25, 0.3) is 0 Å². The van der Waals surface area contributed by atoms with E-state index in [1.165, 1.54) is 5.56 Å². The zero-order chi connectivity index (χ0) is 22.9. The number of aryl methyl sites for hydroxylation is 1. The van der Waals surface area contributed by atoms with Crippen molar-refractivity contribution in [3.63, 3.8) is 0 Å². The number of unbranched alkanes of at least 4 members (excludes halogenated alkanes) is 2. The van der Waals surface area contributed by atoms with Gasteiger partial charge in [0.2, 0.25) is 0 Å². The molecule has 1 aliphatic rings. The number of ketones is 1. The van der Waals surface area contributed by atoms with Gasteiger partial charge in [-0.05, 0) is 70.3 Å². The zero-order valence-electron chi connectivity index (χ0n) is 20.0. The lowest BCUT2D eigenvalue weighted by atomic mass is 9.91. The van der Waals surface area contributed by atoms with Gasteiger partial charge in [0.05, 0.1) is 6.10 Å². The molecule has 2 rings (SSSR count). The largest absolute Gasteiger partial charge is 0.463 e. The monoisotopic (exact) mass is 426 g/mol. The Morgan fingerprint density at radius 3 is 2.48 bits per heavy atom. The second-order valence-corrected chi connectivity index (χ2v) is 8.22. The molecule has 1 fully saturated rings. The second-order valence-electron chi connectivity index (χ2n) is 8.22. The summed E-state index contributed by atoms with van der Waals surface area (Å²) in [7, 11) is 0. The third-order valence-electron chi connectivity index (χ3n) is 5.39. The van der Waals surface area contributed by atoms with Crippen LogP contribution in [0.15, 0.2) is 54.6 Å². The first-order valence-corrected chi connectivity index (χ1v) is 12.1. The molecule has 3 heteroatoms. The number of ether oxygens (including phenoxy) is 1. The Balaban J connectivity index is 0.00000233. The summed E-state index contributed by atoms with van der Waals surface area (Å²) in [6.45, 7) is 7.73. The SMILES string of the molecule is CC.CC(C)OC(=O)CCC/C=C\C[C@H]1C(=O)CC[C@@H]1/C=C/CCCc1ccccc1. The van der Waals surface area contributed by atoms with Crippen LogP contribution in [0.1, 0.15) is 84.6 Å². The van der Waals surface area contributed by atoms with E-state index < -0.39 is 0 Å². The lowest BCUT2D eigenvalue weighted by Gasteiger charge is -2.12. The van der Waals surface area contributed by atoms with Crippen LogP contribution >= 0.6 is 0 Å². The van der Waals surface area contributed by atoms with Crippen LogP contribution in [0, 0.1) is 11.8 Å². The molecule has 0 amide bonds. The number of hydrogen-bond acceptors (Lipinski definition) is 3. The van der Waals surface area contributed by atoms with Gasteiger partial charge in [-0.25, -0.2) is 0 Å². The summed E-state index contributed by atoms with van der Waals surface area (Å²) < 4.78 is 5.13. The van der Waals surface area contributed by atoms with Crippen LogP contribution in [0.2, 0.25) is 0 Å². The molecule has 0 saturated heterocycles. The topological polar surface area (TPSA) is 43.4 Å². The van der Waals surface area contributed by atoms with Crippen molar-refractivity contribution >= 4 is 11.8 Å². The van der Waals surface area contributed by atoms with Crippen LogP contribution in [0.4, 0.5) is 0 Å². The van der Waals surface area contributed by atoms with Gasteiger partial charge >= 0.3 is 5.97 Å². The van der Waals surface area contributed by atoms with Gasteiger partial charge in [0, 0.05) is 18.8 Å². The molecule has 0 heterocycles. The molecule has 0 unspecified atom stereocenters. The van der Waals surface area contributed by atoms with Crippen molar-refractivity contribution in [1.29, 1.82) is 0 Å². The first-order valence-electron chi connectivity index (χ1n) is 12.1. The van der Waals surface area contributed by atoms with E-state index in [9.17, 15) is 9.59 Å². The highest BCUT2D eigenvalue weighted by Gasteiger charge is 2.31. The van der Waals surface area contributed by atoms with Crippen molar-refractivity contribution < 1.29 is 14.3 Å². The number of hydrogen-bond donors (Lipinski definition) is 0. The minimum Gasteiger partial charge on any atom is -0.463 e. The molecule has 0 bridgehead atoms. The van der Waals surface area contributed by atoms with E-state index in [0.29, 0.717) is 24.5 Å². The van der Waals surface area contributed by atoms with Crippen molar-refractivity contribution in [1.82, 2.24) is 0 Å². The highest BCUT2D eigenvalue weighted by atomic mass is 16.5. The molecule has 0 aliphatic heterocycles. The van der Waals surface area contributed by atoms with E-state index in [4.69, 9.17) is 4.74 Å². The third-order valence-corrected chi connectivity index (χ3v) is 5.39. The summed E-state index contributed by atoms with van der Waals surface area (Å²) in [6, 6.07) is 10.6. The maximum absolute atomic E-state index is 12.2. The molecular formula is C28H42O3. The minimum atomic E-state index is -0.128. The number of allylic oxidation sites excluding steroid dienone is 4. The molecule has 0 aromatic heterocycles. The first-order chi connectivity index (χ1) is 15.1. The van der Waals surface area contributed by atoms with Crippen molar-refractivity contribution in [3.8, 4) is 0 Å². The molecule has 0 spiro atoms. The summed E-state index contributed by atoms with van der Waals surface area (Å²) in [5.74, 6) is 0.776. The maximum Gasteiger partial charge on any atom is 0.306 e. The third kappa shape index (κ3) is 11.7. The molecule has 0 radical (unpaired) electrons. The first kappa shape index (κ1) is 26.9. The van der Waals surface area contributed by atoms with Gasteiger partial charge in [-0.3, -0.25) is 9.59 Å². The van der Waals surface area contributed by atoms with Crippen LogP contribution in [-0.4, -0.2) is 17.9 Å². The Morgan fingerprint density at radius 1 is 1.06 bits per heavy atom. The average Bonchev–Trinajstić information content (AvgIpc) is 3.11. The summed E-state index contributed by atoms with van der Waals surface area (Å²) in [5, 5.41) is 0. The number of carbonyl (C=O) groups is 2. The fourth-order valence-electron chi connectivity index (χ4n) is 3.86. The Bertz CT molecular complexity index is 673. The highest BCUT2D eigenvalue weighted by Crippen LogP contribution is 2.33. The van der Waals surface area contributed by atoms with Crippen LogP contribution < -0.4 is 0 Å². The van der Waals surface area contributed by atoms with Gasteiger partial charge in [0.25, 0.3) is 0 Å². The van der Waals surface area contributed by atoms with Crippen molar-refractivity contribution in [3.05, 3.63) is 60.2 Å². The molecule has 1 saturated carbocycles. The molecule has 1 aliphatic carbocycles. The Hall–Kier alpha value is -2.16. The summed E-state index contributed by atoms with van der Waals surface area (Å²) in [5.41, 5.74) is 1.39. The Kier molecular flexibility index (Phi) is 14.3. The fourth-order valence-corrected chi connectivity index (χ4v) is 3.86. The van der Waals surface area contributed by atoms with Crippen LogP contribution in [0.5, 0.6) is 0 Å². The van der Waals surface area contributed by atoms with Gasteiger partial charge in [-0.2, -0.15) is 0 Å². The second kappa shape index (κ2) is 16.5. The van der Waals surface area contributed by atoms with Crippen LogP contribution in [0.3, 0.4) is 0 Å². The molecule has 1 aromatic rings. The van der Waals surface area contributed by atoms with E-state index in [-0.39, 0.29) is 18.0 Å². The molecule has 172 valence electrons. The van der Waals surface area contributed by atoms with E-state index in [1.54, 1.807) is 0 Å². The molecular weight excluding hydrogens is 384 g/mol. The van der Waals surface area contributed by atoms with E-state index >= 15 is 0 Å². The van der Waals surface area contributed by atoms with E-state index in [1.807, 2.05) is 27.7 Å². The lowest BCUT2D eigenvalue weighted by molar-refractivity contribution is -0.147. The van der Waals surface area contributed by atoms with Gasteiger partial charge in [-0.1, -0.05) is 68.5 Å². The molecule has 0 N–H and O–H groups in total. The molecule has 31 heavy (non-hydrogen) atoms. The van der Waals surface area contributed by atoms with Gasteiger partial charge < -0.3 is 4.74 Å². The summed E-state index contributed by atoms with van der Waals surface area (Å²) >= 11 is 0. The van der Waals surface area contributed by atoms with Crippen molar-refractivity contribution in [2.24, 2.45) is 11.8 Å². The molecule has 2 atom stereocenters.